The number of nitrogens with one attached hydrogen (secondary N) is 1. The molecule has 0 radical (unpaired) electrons. The van der Waals surface area contributed by atoms with E-state index in [1.165, 1.54) is 11.8 Å². The summed E-state index contributed by atoms with van der Waals surface area (Å²) in [7, 11) is 0. The minimum atomic E-state index is -0.505. The van der Waals surface area contributed by atoms with E-state index in [0.717, 1.165) is 10.9 Å². The fourth-order valence-electron chi connectivity index (χ4n) is 2.59. The summed E-state index contributed by atoms with van der Waals surface area (Å²) in [6.45, 7) is 5.89. The van der Waals surface area contributed by atoms with Crippen LogP contribution in [0.4, 0.5) is 5.82 Å². The first-order chi connectivity index (χ1) is 13.0. The average molecular weight is 382 g/mol. The highest BCUT2D eigenvalue weighted by Crippen LogP contribution is 2.27. The van der Waals surface area contributed by atoms with Crippen molar-refractivity contribution in [2.45, 2.75) is 38.1 Å². The number of thioether (sulfide) groups is 1. The van der Waals surface area contributed by atoms with Gasteiger partial charge in [-0.3, -0.25) is 0 Å². The van der Waals surface area contributed by atoms with Crippen LogP contribution in [0.25, 0.3) is 10.9 Å². The van der Waals surface area contributed by atoms with E-state index < -0.39 is 6.10 Å². The topological polar surface area (TPSA) is 77.0 Å². The molecule has 140 valence electrons. The molecule has 0 saturated carbocycles. The van der Waals surface area contributed by atoms with Gasteiger partial charge in [-0.15, -0.1) is 0 Å². The number of fused-ring (bicyclic) bond motifs is 1. The molecule has 0 aliphatic rings. The molecule has 6 nitrogen and oxygen atoms in total. The predicted molar refractivity (Wildman–Crippen MR) is 108 cm³/mol. The molecule has 7 heteroatoms. The Morgan fingerprint density at radius 1 is 1.15 bits per heavy atom. The van der Waals surface area contributed by atoms with Crippen LogP contribution in [0.3, 0.4) is 0 Å². The van der Waals surface area contributed by atoms with Crippen LogP contribution in [0.15, 0.2) is 47.8 Å². The summed E-state index contributed by atoms with van der Waals surface area (Å²) in [4.78, 5) is 25.9. The lowest BCUT2D eigenvalue weighted by molar-refractivity contribution is 0.0330. The van der Waals surface area contributed by atoms with E-state index in [2.05, 4.69) is 20.3 Å². The van der Waals surface area contributed by atoms with Gasteiger partial charge >= 0.3 is 5.97 Å². The minimum Gasteiger partial charge on any atom is -0.453 e. The molecule has 0 aliphatic heterocycles. The maximum absolute atomic E-state index is 12.3. The summed E-state index contributed by atoms with van der Waals surface area (Å²) in [5, 5.41) is 4.87. The van der Waals surface area contributed by atoms with Gasteiger partial charge < -0.3 is 10.1 Å². The van der Waals surface area contributed by atoms with Gasteiger partial charge in [0.25, 0.3) is 0 Å². The summed E-state index contributed by atoms with van der Waals surface area (Å²) in [5.41, 5.74) is 1.92. The molecule has 27 heavy (non-hydrogen) atoms. The highest BCUT2D eigenvalue weighted by molar-refractivity contribution is 7.98. The Morgan fingerprint density at radius 2 is 1.89 bits per heavy atom. The zero-order chi connectivity index (χ0) is 19.4. The summed E-state index contributed by atoms with van der Waals surface area (Å²) >= 11 is 1.48. The van der Waals surface area contributed by atoms with Crippen LogP contribution in [0, 0.1) is 0 Å². The van der Waals surface area contributed by atoms with Crippen LogP contribution in [0.1, 0.15) is 42.9 Å². The van der Waals surface area contributed by atoms with Gasteiger partial charge in [0.05, 0.1) is 11.3 Å². The number of aromatic nitrogens is 3. The first kappa shape index (κ1) is 19.1. The Hall–Kier alpha value is -2.67. The van der Waals surface area contributed by atoms with Gasteiger partial charge in [-0.25, -0.2) is 19.7 Å². The molecule has 3 rings (SSSR count). The Morgan fingerprint density at radius 3 is 2.56 bits per heavy atom. The van der Waals surface area contributed by atoms with Crippen LogP contribution in [0.2, 0.25) is 0 Å². The van der Waals surface area contributed by atoms with Gasteiger partial charge in [0.2, 0.25) is 0 Å². The fraction of sp³-hybridized carbons (Fsp3) is 0.300. The zero-order valence-electron chi connectivity index (χ0n) is 15.8. The Labute approximate surface area is 162 Å². The molecular weight excluding hydrogens is 360 g/mol. The van der Waals surface area contributed by atoms with Crippen molar-refractivity contribution >= 4 is 34.5 Å². The average Bonchev–Trinajstić information content (AvgIpc) is 2.67. The van der Waals surface area contributed by atoms with Crippen LogP contribution in [-0.2, 0) is 4.74 Å². The van der Waals surface area contributed by atoms with E-state index >= 15 is 0 Å². The van der Waals surface area contributed by atoms with Crippen molar-refractivity contribution < 1.29 is 9.53 Å². The van der Waals surface area contributed by atoms with Crippen LogP contribution in [0.5, 0.6) is 0 Å². The molecule has 0 spiro atoms. The third-order valence-corrected chi connectivity index (χ3v) is 4.44. The molecule has 2 heterocycles. The number of benzene rings is 1. The lowest BCUT2D eigenvalue weighted by Crippen LogP contribution is -2.15. The third kappa shape index (κ3) is 4.54. The monoisotopic (exact) mass is 382 g/mol. The van der Waals surface area contributed by atoms with Gasteiger partial charge in [0, 0.05) is 17.6 Å². The van der Waals surface area contributed by atoms with Crippen LogP contribution < -0.4 is 5.32 Å². The number of carbonyl (C=O) groups excluding carboxylic acids is 1. The number of hydrogen-bond acceptors (Lipinski definition) is 7. The van der Waals surface area contributed by atoms with E-state index in [1.807, 2.05) is 39.2 Å². The van der Waals surface area contributed by atoms with E-state index in [9.17, 15) is 4.79 Å². The first-order valence-electron chi connectivity index (χ1n) is 8.72. The molecule has 0 saturated heterocycles. The van der Waals surface area contributed by atoms with Gasteiger partial charge in [-0.1, -0.05) is 30.0 Å². The maximum atomic E-state index is 12.3. The molecule has 0 unspecified atom stereocenters. The van der Waals surface area contributed by atoms with E-state index in [4.69, 9.17) is 4.74 Å². The number of ether oxygens (including phenoxy) is 1. The lowest BCUT2D eigenvalue weighted by Gasteiger charge is -2.17. The standard InChI is InChI=1S/C20H22N4O2S/c1-12(2)22-18-17-15(11-21-20(24-17)27-4)10-16(23-18)13(3)26-19(25)14-8-6-5-7-9-14/h5-13H,1-4H3,(H,22,23)/t13-/m1/s1. The van der Waals surface area contributed by atoms with Crippen molar-refractivity contribution in [2.24, 2.45) is 0 Å². The van der Waals surface area contributed by atoms with E-state index in [-0.39, 0.29) is 12.0 Å². The second kappa shape index (κ2) is 8.35. The number of nitrogens with zero attached hydrogens (tertiary/aromatic N) is 3. The van der Waals surface area contributed by atoms with Gasteiger partial charge in [-0.2, -0.15) is 0 Å². The van der Waals surface area contributed by atoms with Crippen molar-refractivity contribution in [2.75, 3.05) is 11.6 Å². The molecule has 3 aromatic rings. The molecular formula is C20H22N4O2S. The van der Waals surface area contributed by atoms with Crippen LogP contribution >= 0.6 is 11.8 Å². The first-order valence-corrected chi connectivity index (χ1v) is 9.94. The molecule has 0 amide bonds. The second-order valence-electron chi connectivity index (χ2n) is 6.40. The second-order valence-corrected chi connectivity index (χ2v) is 7.18. The number of carbonyl (C=O) groups is 1. The lowest BCUT2D eigenvalue weighted by atomic mass is 10.2. The largest absolute Gasteiger partial charge is 0.453 e. The zero-order valence-corrected chi connectivity index (χ0v) is 16.6. The Bertz CT molecular complexity index is 947. The van der Waals surface area contributed by atoms with Crippen molar-refractivity contribution in [1.29, 1.82) is 0 Å². The molecule has 0 fully saturated rings. The van der Waals surface area contributed by atoms with Crippen molar-refractivity contribution in [1.82, 2.24) is 15.0 Å². The molecule has 0 aliphatic carbocycles. The van der Waals surface area contributed by atoms with Gasteiger partial charge in [-0.05, 0) is 45.2 Å². The number of anilines is 1. The Balaban J connectivity index is 1.94. The van der Waals surface area contributed by atoms with E-state index in [0.29, 0.717) is 22.2 Å². The fourth-order valence-corrected chi connectivity index (χ4v) is 2.93. The SMILES string of the molecule is CSc1ncc2cc([C@@H](C)OC(=O)c3ccccc3)nc(NC(C)C)c2n1. The van der Waals surface area contributed by atoms with Crippen molar-refractivity contribution in [3.05, 3.63) is 53.9 Å². The third-order valence-electron chi connectivity index (χ3n) is 3.88. The molecule has 0 bridgehead atoms. The number of pyridine rings is 1. The summed E-state index contributed by atoms with van der Waals surface area (Å²) < 4.78 is 5.60. The van der Waals surface area contributed by atoms with Crippen molar-refractivity contribution in [3.63, 3.8) is 0 Å². The number of rotatable bonds is 6. The summed E-state index contributed by atoms with van der Waals surface area (Å²) in [5.74, 6) is 0.287. The summed E-state index contributed by atoms with van der Waals surface area (Å²) in [6, 6.07) is 11.0. The number of hydrogen-bond donors (Lipinski definition) is 1. The molecule has 1 N–H and O–H groups in total. The predicted octanol–water partition coefficient (Wildman–Crippen LogP) is 4.49. The molecule has 2 aromatic heterocycles. The number of esters is 1. The van der Waals surface area contributed by atoms with Crippen molar-refractivity contribution in [3.8, 4) is 0 Å². The molecule has 1 aromatic carbocycles. The van der Waals surface area contributed by atoms with Gasteiger partial charge in [0.15, 0.2) is 11.0 Å². The quantitative estimate of drug-likeness (QED) is 0.382. The minimum absolute atomic E-state index is 0.186. The van der Waals surface area contributed by atoms with Crippen LogP contribution in [-0.4, -0.2) is 33.2 Å². The normalized spacial score (nSPS) is 12.2. The Kier molecular flexibility index (Phi) is 5.91. The highest BCUT2D eigenvalue weighted by Gasteiger charge is 2.18. The van der Waals surface area contributed by atoms with Gasteiger partial charge in [0.1, 0.15) is 11.6 Å². The summed E-state index contributed by atoms with van der Waals surface area (Å²) in [6.07, 6.45) is 3.20. The molecule has 1 atom stereocenters. The highest BCUT2D eigenvalue weighted by atomic mass is 32.2. The maximum Gasteiger partial charge on any atom is 0.338 e. The van der Waals surface area contributed by atoms with E-state index in [1.54, 1.807) is 30.5 Å². The smallest absolute Gasteiger partial charge is 0.338 e.